The molecule has 0 saturated carbocycles. The summed E-state index contributed by atoms with van der Waals surface area (Å²) < 4.78 is 0. The lowest BCUT2D eigenvalue weighted by atomic mass is 10.00. The van der Waals surface area contributed by atoms with Gasteiger partial charge in [-0.2, -0.15) is 0 Å². The number of urea groups is 1. The summed E-state index contributed by atoms with van der Waals surface area (Å²) >= 11 is 0. The second kappa shape index (κ2) is 5.77. The van der Waals surface area contributed by atoms with Gasteiger partial charge in [-0.3, -0.25) is 5.43 Å². The lowest BCUT2D eigenvalue weighted by molar-refractivity contribution is -0.141. The SMILES string of the molecule is CC1CCCC(C)N1NC(=O)N1CCC[C@@H]1C(=O)O. The van der Waals surface area contributed by atoms with Crippen LogP contribution in [0.25, 0.3) is 0 Å². The molecule has 0 aromatic carbocycles. The van der Waals surface area contributed by atoms with E-state index < -0.39 is 12.0 Å². The Morgan fingerprint density at radius 1 is 1.11 bits per heavy atom. The largest absolute Gasteiger partial charge is 0.480 e. The molecule has 2 unspecified atom stereocenters. The molecule has 2 saturated heterocycles. The highest BCUT2D eigenvalue weighted by atomic mass is 16.4. The molecule has 0 spiro atoms. The summed E-state index contributed by atoms with van der Waals surface area (Å²) in [5.74, 6) is -0.910. The molecule has 0 radical (unpaired) electrons. The van der Waals surface area contributed by atoms with E-state index in [0.29, 0.717) is 25.0 Å². The molecule has 108 valence electrons. The third kappa shape index (κ3) is 3.00. The minimum atomic E-state index is -0.910. The summed E-state index contributed by atoms with van der Waals surface area (Å²) in [6.45, 7) is 4.71. The number of aliphatic carboxylic acids is 1. The van der Waals surface area contributed by atoms with Gasteiger partial charge in [0.1, 0.15) is 6.04 Å². The molecular weight excluding hydrogens is 246 g/mol. The number of piperidine rings is 1. The van der Waals surface area contributed by atoms with Gasteiger partial charge in [0.25, 0.3) is 0 Å². The quantitative estimate of drug-likeness (QED) is 0.795. The van der Waals surface area contributed by atoms with Crippen molar-refractivity contribution in [1.29, 1.82) is 0 Å². The highest BCUT2D eigenvalue weighted by molar-refractivity contribution is 5.83. The van der Waals surface area contributed by atoms with E-state index in [-0.39, 0.29) is 6.03 Å². The predicted octanol–water partition coefficient (Wildman–Crippen LogP) is 1.42. The molecule has 19 heavy (non-hydrogen) atoms. The lowest BCUT2D eigenvalue weighted by Gasteiger charge is -2.39. The number of nitrogens with one attached hydrogen (secondary N) is 1. The summed E-state index contributed by atoms with van der Waals surface area (Å²) in [4.78, 5) is 24.8. The number of carboxylic acids is 1. The van der Waals surface area contributed by atoms with Gasteiger partial charge in [-0.15, -0.1) is 0 Å². The minimum absolute atomic E-state index is 0.273. The van der Waals surface area contributed by atoms with Crippen molar-refractivity contribution in [2.24, 2.45) is 0 Å². The van der Waals surface area contributed by atoms with E-state index in [4.69, 9.17) is 5.11 Å². The molecule has 2 amide bonds. The topological polar surface area (TPSA) is 72.9 Å². The van der Waals surface area contributed by atoms with Gasteiger partial charge in [0.15, 0.2) is 0 Å². The van der Waals surface area contributed by atoms with E-state index in [0.717, 1.165) is 19.3 Å². The number of likely N-dealkylation sites (tertiary alicyclic amines) is 1. The standard InChI is InChI=1S/C13H23N3O3/c1-9-5-3-6-10(2)16(9)14-13(19)15-8-4-7-11(15)12(17)18/h9-11H,3-8H2,1-2H3,(H,14,19)(H,17,18)/t9?,10?,11-/m1/s1. The zero-order chi connectivity index (χ0) is 14.0. The first kappa shape index (κ1) is 14.1. The van der Waals surface area contributed by atoms with Crippen LogP contribution < -0.4 is 5.43 Å². The fourth-order valence-electron chi connectivity index (χ4n) is 3.08. The number of rotatable bonds is 2. The first-order valence-electron chi connectivity index (χ1n) is 7.09. The summed E-state index contributed by atoms with van der Waals surface area (Å²) in [5, 5.41) is 11.1. The fraction of sp³-hybridized carbons (Fsp3) is 0.846. The van der Waals surface area contributed by atoms with Crippen molar-refractivity contribution in [3.05, 3.63) is 0 Å². The normalized spacial score (nSPS) is 32.3. The minimum Gasteiger partial charge on any atom is -0.480 e. The Morgan fingerprint density at radius 2 is 1.74 bits per heavy atom. The fourth-order valence-corrected chi connectivity index (χ4v) is 3.08. The second-order valence-corrected chi connectivity index (χ2v) is 5.64. The summed E-state index contributed by atoms with van der Waals surface area (Å²) in [5.41, 5.74) is 2.90. The van der Waals surface area contributed by atoms with Crippen LogP contribution >= 0.6 is 0 Å². The maximum absolute atomic E-state index is 12.2. The second-order valence-electron chi connectivity index (χ2n) is 5.64. The molecule has 2 heterocycles. The Morgan fingerprint density at radius 3 is 2.32 bits per heavy atom. The highest BCUT2D eigenvalue weighted by Crippen LogP contribution is 2.22. The van der Waals surface area contributed by atoms with Crippen LogP contribution in [0.3, 0.4) is 0 Å². The van der Waals surface area contributed by atoms with E-state index >= 15 is 0 Å². The molecule has 2 aliphatic heterocycles. The molecule has 2 N–H and O–H groups in total. The van der Waals surface area contributed by atoms with Crippen molar-refractivity contribution in [2.75, 3.05) is 6.54 Å². The predicted molar refractivity (Wildman–Crippen MR) is 70.5 cm³/mol. The Bertz CT molecular complexity index is 351. The zero-order valence-electron chi connectivity index (χ0n) is 11.6. The molecule has 0 aromatic heterocycles. The molecular formula is C13H23N3O3. The van der Waals surface area contributed by atoms with Crippen molar-refractivity contribution in [3.8, 4) is 0 Å². The number of amides is 2. The molecule has 2 aliphatic rings. The van der Waals surface area contributed by atoms with Gasteiger partial charge in [0.05, 0.1) is 0 Å². The number of hydrogen-bond donors (Lipinski definition) is 2. The highest BCUT2D eigenvalue weighted by Gasteiger charge is 2.36. The van der Waals surface area contributed by atoms with Crippen molar-refractivity contribution in [1.82, 2.24) is 15.3 Å². The average Bonchev–Trinajstić information content (AvgIpc) is 2.83. The van der Waals surface area contributed by atoms with Crippen LogP contribution in [0.2, 0.25) is 0 Å². The van der Waals surface area contributed by atoms with Crippen molar-refractivity contribution in [3.63, 3.8) is 0 Å². The van der Waals surface area contributed by atoms with Crippen molar-refractivity contribution >= 4 is 12.0 Å². The number of hydrogen-bond acceptors (Lipinski definition) is 3. The number of hydrazine groups is 1. The van der Waals surface area contributed by atoms with Gasteiger partial charge in [0, 0.05) is 18.6 Å². The average molecular weight is 269 g/mol. The van der Waals surface area contributed by atoms with Crippen LogP contribution in [0, 0.1) is 0 Å². The van der Waals surface area contributed by atoms with Crippen LogP contribution in [-0.4, -0.2) is 51.7 Å². The third-order valence-electron chi connectivity index (χ3n) is 4.22. The molecule has 6 nitrogen and oxygen atoms in total. The number of carbonyl (C=O) groups is 2. The van der Waals surface area contributed by atoms with Crippen LogP contribution in [-0.2, 0) is 4.79 Å². The van der Waals surface area contributed by atoms with Crippen molar-refractivity contribution in [2.45, 2.75) is 64.1 Å². The van der Waals surface area contributed by atoms with E-state index in [1.54, 1.807) is 0 Å². The Balaban J connectivity index is 1.98. The van der Waals surface area contributed by atoms with Crippen LogP contribution in [0.15, 0.2) is 0 Å². The van der Waals surface area contributed by atoms with Gasteiger partial charge in [0.2, 0.25) is 0 Å². The molecule has 2 rings (SSSR count). The zero-order valence-corrected chi connectivity index (χ0v) is 11.6. The Hall–Kier alpha value is -1.30. The number of carbonyl (C=O) groups excluding carboxylic acids is 1. The first-order chi connectivity index (χ1) is 9.00. The van der Waals surface area contributed by atoms with Crippen LogP contribution in [0.1, 0.15) is 46.0 Å². The van der Waals surface area contributed by atoms with Gasteiger partial charge in [-0.1, -0.05) is 6.42 Å². The number of nitrogens with zero attached hydrogens (tertiary/aromatic N) is 2. The molecule has 6 heteroatoms. The van der Waals surface area contributed by atoms with Gasteiger partial charge >= 0.3 is 12.0 Å². The molecule has 2 fully saturated rings. The van der Waals surface area contributed by atoms with Crippen LogP contribution in [0.4, 0.5) is 4.79 Å². The molecule has 0 aliphatic carbocycles. The summed E-state index contributed by atoms with van der Waals surface area (Å²) in [6.07, 6.45) is 4.61. The van der Waals surface area contributed by atoms with E-state index in [2.05, 4.69) is 19.3 Å². The third-order valence-corrected chi connectivity index (χ3v) is 4.22. The molecule has 0 bridgehead atoms. The van der Waals surface area contributed by atoms with Gasteiger partial charge in [-0.05, 0) is 39.5 Å². The first-order valence-corrected chi connectivity index (χ1v) is 7.09. The summed E-state index contributed by atoms with van der Waals surface area (Å²) in [7, 11) is 0. The maximum atomic E-state index is 12.2. The van der Waals surface area contributed by atoms with E-state index in [1.165, 1.54) is 11.3 Å². The lowest BCUT2D eigenvalue weighted by Crippen LogP contribution is -2.58. The van der Waals surface area contributed by atoms with Gasteiger partial charge < -0.3 is 10.0 Å². The monoisotopic (exact) mass is 269 g/mol. The molecule has 0 aromatic rings. The van der Waals surface area contributed by atoms with Crippen LogP contribution in [0.5, 0.6) is 0 Å². The maximum Gasteiger partial charge on any atom is 0.332 e. The molecule has 3 atom stereocenters. The Labute approximate surface area is 113 Å². The number of carboxylic acid groups (broad SMARTS) is 1. The van der Waals surface area contributed by atoms with Crippen molar-refractivity contribution < 1.29 is 14.7 Å². The van der Waals surface area contributed by atoms with E-state index in [9.17, 15) is 9.59 Å². The Kier molecular flexibility index (Phi) is 4.29. The van der Waals surface area contributed by atoms with Gasteiger partial charge in [-0.25, -0.2) is 14.6 Å². The van der Waals surface area contributed by atoms with E-state index in [1.807, 2.05) is 5.01 Å². The summed E-state index contributed by atoms with van der Waals surface area (Å²) in [6, 6.07) is -0.335. The smallest absolute Gasteiger partial charge is 0.332 e.